The third kappa shape index (κ3) is 3.39. The molecule has 0 aliphatic carbocycles. The van der Waals surface area contributed by atoms with Crippen LogP contribution in [-0.4, -0.2) is 58.5 Å². The van der Waals surface area contributed by atoms with Crippen molar-refractivity contribution in [1.82, 2.24) is 9.80 Å². The number of hydrogen-bond donors (Lipinski definition) is 1. The standard InChI is InChI=1S/C16H28N2O3/c1-11-10-17(9-7-13(11)19)14(20)12-6-5-8-18(12)15(21)16(2,3)4/h11-13,19H,5-10H2,1-4H3. The van der Waals surface area contributed by atoms with E-state index in [4.69, 9.17) is 0 Å². The van der Waals surface area contributed by atoms with Gasteiger partial charge < -0.3 is 14.9 Å². The van der Waals surface area contributed by atoms with E-state index in [1.54, 1.807) is 4.90 Å². The van der Waals surface area contributed by atoms with E-state index in [9.17, 15) is 14.7 Å². The lowest BCUT2D eigenvalue weighted by atomic mass is 9.93. The number of rotatable bonds is 1. The Hall–Kier alpha value is -1.10. The van der Waals surface area contributed by atoms with Gasteiger partial charge in [0.15, 0.2) is 0 Å². The van der Waals surface area contributed by atoms with Crippen molar-refractivity contribution in [2.45, 2.75) is 59.1 Å². The van der Waals surface area contributed by atoms with Crippen LogP contribution in [0.5, 0.6) is 0 Å². The molecule has 2 fully saturated rings. The molecule has 0 aromatic rings. The van der Waals surface area contributed by atoms with E-state index in [-0.39, 0.29) is 29.9 Å². The molecule has 0 spiro atoms. The summed E-state index contributed by atoms with van der Waals surface area (Å²) in [5.41, 5.74) is -0.450. The molecule has 120 valence electrons. The van der Waals surface area contributed by atoms with Crippen molar-refractivity contribution in [1.29, 1.82) is 0 Å². The van der Waals surface area contributed by atoms with Gasteiger partial charge in [0.2, 0.25) is 11.8 Å². The second kappa shape index (κ2) is 5.95. The molecule has 5 nitrogen and oxygen atoms in total. The van der Waals surface area contributed by atoms with Crippen molar-refractivity contribution < 1.29 is 14.7 Å². The number of carbonyl (C=O) groups excluding carboxylic acids is 2. The highest BCUT2D eigenvalue weighted by Crippen LogP contribution is 2.27. The molecule has 0 aromatic heterocycles. The van der Waals surface area contributed by atoms with Crippen LogP contribution in [0.4, 0.5) is 0 Å². The maximum atomic E-state index is 12.7. The highest BCUT2D eigenvalue weighted by atomic mass is 16.3. The predicted molar refractivity (Wildman–Crippen MR) is 80.6 cm³/mol. The maximum Gasteiger partial charge on any atom is 0.245 e. The van der Waals surface area contributed by atoms with Crippen molar-refractivity contribution >= 4 is 11.8 Å². The molecule has 3 atom stereocenters. The second-order valence-electron chi connectivity index (χ2n) is 7.52. The van der Waals surface area contributed by atoms with Gasteiger partial charge in [-0.1, -0.05) is 27.7 Å². The van der Waals surface area contributed by atoms with Crippen molar-refractivity contribution in [3.63, 3.8) is 0 Å². The Kier molecular flexibility index (Phi) is 4.61. The van der Waals surface area contributed by atoms with E-state index in [2.05, 4.69) is 0 Å². The molecule has 21 heavy (non-hydrogen) atoms. The molecule has 1 N–H and O–H groups in total. The molecular weight excluding hydrogens is 268 g/mol. The minimum atomic E-state index is -0.450. The van der Waals surface area contributed by atoms with Crippen LogP contribution in [0.15, 0.2) is 0 Å². The Morgan fingerprint density at radius 2 is 1.81 bits per heavy atom. The van der Waals surface area contributed by atoms with Gasteiger partial charge in [-0.2, -0.15) is 0 Å². The van der Waals surface area contributed by atoms with E-state index >= 15 is 0 Å². The average molecular weight is 296 g/mol. The van der Waals surface area contributed by atoms with E-state index < -0.39 is 5.41 Å². The lowest BCUT2D eigenvalue weighted by Gasteiger charge is -2.38. The van der Waals surface area contributed by atoms with Gasteiger partial charge in [0.05, 0.1) is 6.10 Å². The first-order chi connectivity index (χ1) is 9.71. The number of aliphatic hydroxyl groups excluding tert-OH is 1. The van der Waals surface area contributed by atoms with Gasteiger partial charge >= 0.3 is 0 Å². The number of nitrogens with zero attached hydrogens (tertiary/aromatic N) is 2. The summed E-state index contributed by atoms with van der Waals surface area (Å²) in [5.74, 6) is 0.225. The van der Waals surface area contributed by atoms with E-state index in [1.807, 2.05) is 32.6 Å². The first-order valence-corrected chi connectivity index (χ1v) is 7.99. The molecule has 2 aliphatic rings. The van der Waals surface area contributed by atoms with Crippen LogP contribution in [0.25, 0.3) is 0 Å². The third-order valence-electron chi connectivity index (χ3n) is 4.61. The van der Waals surface area contributed by atoms with E-state index in [0.717, 1.165) is 12.8 Å². The highest BCUT2D eigenvalue weighted by molar-refractivity contribution is 5.90. The number of likely N-dealkylation sites (tertiary alicyclic amines) is 2. The monoisotopic (exact) mass is 296 g/mol. The predicted octanol–water partition coefficient (Wildman–Crippen LogP) is 1.25. The molecule has 0 saturated carbocycles. The lowest BCUT2D eigenvalue weighted by Crippen LogP contribution is -2.54. The fraction of sp³-hybridized carbons (Fsp3) is 0.875. The van der Waals surface area contributed by atoms with Crippen molar-refractivity contribution in [2.24, 2.45) is 11.3 Å². The van der Waals surface area contributed by atoms with Gasteiger partial charge in [-0.3, -0.25) is 9.59 Å². The summed E-state index contributed by atoms with van der Waals surface area (Å²) >= 11 is 0. The fourth-order valence-corrected chi connectivity index (χ4v) is 3.24. The summed E-state index contributed by atoms with van der Waals surface area (Å²) in [6.07, 6.45) is 1.97. The second-order valence-corrected chi connectivity index (χ2v) is 7.52. The number of aliphatic hydroxyl groups is 1. The van der Waals surface area contributed by atoms with Gasteiger partial charge in [0, 0.05) is 25.0 Å². The molecule has 2 amide bonds. The first-order valence-electron chi connectivity index (χ1n) is 7.99. The van der Waals surface area contributed by atoms with Gasteiger partial charge in [-0.25, -0.2) is 0 Å². The van der Waals surface area contributed by atoms with Crippen LogP contribution in [0.1, 0.15) is 47.0 Å². The molecule has 2 saturated heterocycles. The van der Waals surface area contributed by atoms with Crippen LogP contribution in [0.2, 0.25) is 0 Å². The summed E-state index contributed by atoms with van der Waals surface area (Å²) in [4.78, 5) is 28.8. The largest absolute Gasteiger partial charge is 0.393 e. The molecule has 2 aliphatic heterocycles. The van der Waals surface area contributed by atoms with Crippen LogP contribution >= 0.6 is 0 Å². The molecule has 0 aromatic carbocycles. The molecule has 2 heterocycles. The SMILES string of the molecule is CC1CN(C(=O)C2CCCN2C(=O)C(C)(C)C)CCC1O. The van der Waals surface area contributed by atoms with Crippen molar-refractivity contribution in [3.05, 3.63) is 0 Å². The Balaban J connectivity index is 2.06. The Bertz CT molecular complexity index is 416. The molecule has 2 rings (SSSR count). The van der Waals surface area contributed by atoms with Crippen LogP contribution in [0.3, 0.4) is 0 Å². The number of hydrogen-bond acceptors (Lipinski definition) is 3. The van der Waals surface area contributed by atoms with E-state index in [0.29, 0.717) is 26.1 Å². The summed E-state index contributed by atoms with van der Waals surface area (Å²) < 4.78 is 0. The quantitative estimate of drug-likeness (QED) is 0.792. The minimum absolute atomic E-state index is 0.0587. The molecule has 0 bridgehead atoms. The van der Waals surface area contributed by atoms with Gasteiger partial charge in [-0.15, -0.1) is 0 Å². The average Bonchev–Trinajstić information content (AvgIpc) is 2.88. The molecule has 0 radical (unpaired) electrons. The van der Waals surface area contributed by atoms with Crippen LogP contribution < -0.4 is 0 Å². The summed E-state index contributed by atoms with van der Waals surface area (Å²) in [6.45, 7) is 9.53. The highest BCUT2D eigenvalue weighted by Gasteiger charge is 2.41. The lowest BCUT2D eigenvalue weighted by molar-refractivity contribution is -0.150. The van der Waals surface area contributed by atoms with Gasteiger partial charge in [0.1, 0.15) is 6.04 Å². The first kappa shape index (κ1) is 16.3. The zero-order chi connectivity index (χ0) is 15.8. The zero-order valence-electron chi connectivity index (χ0n) is 13.6. The normalized spacial score (nSPS) is 30.6. The minimum Gasteiger partial charge on any atom is -0.393 e. The fourth-order valence-electron chi connectivity index (χ4n) is 3.24. The smallest absolute Gasteiger partial charge is 0.245 e. The van der Waals surface area contributed by atoms with Crippen LogP contribution in [-0.2, 0) is 9.59 Å². The third-order valence-corrected chi connectivity index (χ3v) is 4.61. The number of piperidine rings is 1. The summed E-state index contributed by atoms with van der Waals surface area (Å²) in [6, 6.07) is -0.306. The topological polar surface area (TPSA) is 60.9 Å². The summed E-state index contributed by atoms with van der Waals surface area (Å²) in [7, 11) is 0. The number of amides is 2. The van der Waals surface area contributed by atoms with Gasteiger partial charge in [0.25, 0.3) is 0 Å². The maximum absolute atomic E-state index is 12.7. The van der Waals surface area contributed by atoms with Crippen molar-refractivity contribution in [3.8, 4) is 0 Å². The van der Waals surface area contributed by atoms with E-state index in [1.165, 1.54) is 0 Å². The summed E-state index contributed by atoms with van der Waals surface area (Å²) in [5, 5.41) is 9.79. The molecule has 5 heteroatoms. The van der Waals surface area contributed by atoms with Crippen molar-refractivity contribution in [2.75, 3.05) is 19.6 Å². The van der Waals surface area contributed by atoms with Gasteiger partial charge in [-0.05, 0) is 25.2 Å². The molecular formula is C16H28N2O3. The Morgan fingerprint density at radius 3 is 2.38 bits per heavy atom. The Labute approximate surface area is 127 Å². The van der Waals surface area contributed by atoms with Crippen LogP contribution in [0, 0.1) is 11.3 Å². The number of carbonyl (C=O) groups is 2. The molecule has 3 unspecified atom stereocenters. The Morgan fingerprint density at radius 1 is 1.14 bits per heavy atom. The zero-order valence-corrected chi connectivity index (χ0v) is 13.6.